The Kier molecular flexibility index (Phi) is 8.35. The number of carbonyl (C=O) groups is 3. The SMILES string of the molecule is CCC(CCCC(=O)Nc1c(C=O)oc2cc(C(=O)N(C)C)cnc12)N1CCCOCC1. The van der Waals surface area contributed by atoms with E-state index >= 15 is 0 Å². The van der Waals surface area contributed by atoms with Gasteiger partial charge in [-0.2, -0.15) is 0 Å². The van der Waals surface area contributed by atoms with E-state index in [1.807, 2.05) is 0 Å². The number of hydrogen-bond acceptors (Lipinski definition) is 7. The Labute approximate surface area is 188 Å². The number of hydrogen-bond donors (Lipinski definition) is 1. The first-order chi connectivity index (χ1) is 15.4. The van der Waals surface area contributed by atoms with Crippen LogP contribution in [0.4, 0.5) is 5.69 Å². The third kappa shape index (κ3) is 5.72. The number of nitrogens with zero attached hydrogens (tertiary/aromatic N) is 3. The van der Waals surface area contributed by atoms with E-state index in [-0.39, 0.29) is 28.8 Å². The molecule has 32 heavy (non-hydrogen) atoms. The van der Waals surface area contributed by atoms with Crippen molar-refractivity contribution in [3.8, 4) is 0 Å². The molecule has 0 bridgehead atoms. The first kappa shape index (κ1) is 23.9. The summed E-state index contributed by atoms with van der Waals surface area (Å²) in [5.74, 6) is -0.429. The van der Waals surface area contributed by atoms with E-state index in [0.717, 1.165) is 52.0 Å². The van der Waals surface area contributed by atoms with Crippen molar-refractivity contribution in [3.63, 3.8) is 0 Å². The fourth-order valence-corrected chi connectivity index (χ4v) is 4.05. The minimum atomic E-state index is -0.226. The summed E-state index contributed by atoms with van der Waals surface area (Å²) in [5, 5.41) is 2.78. The van der Waals surface area contributed by atoms with Crippen molar-refractivity contribution in [3.05, 3.63) is 23.6 Å². The Morgan fingerprint density at radius 2 is 2.12 bits per heavy atom. The monoisotopic (exact) mass is 444 g/mol. The van der Waals surface area contributed by atoms with Crippen molar-refractivity contribution in [1.29, 1.82) is 0 Å². The third-order valence-corrected chi connectivity index (χ3v) is 5.77. The number of pyridine rings is 1. The van der Waals surface area contributed by atoms with Crippen molar-refractivity contribution in [1.82, 2.24) is 14.8 Å². The van der Waals surface area contributed by atoms with Gasteiger partial charge in [-0.25, -0.2) is 4.98 Å². The molecule has 1 aliphatic heterocycles. The first-order valence-corrected chi connectivity index (χ1v) is 11.2. The standard InChI is InChI=1S/C23H32N4O5/c1-4-17(27-9-6-11-31-12-10-27)7-5-8-20(29)25-22-19(15-28)32-18-13-16(14-24-21(18)22)23(30)26(2)3/h13-15,17H,4-12H2,1-3H3,(H,25,29). The summed E-state index contributed by atoms with van der Waals surface area (Å²) >= 11 is 0. The minimum Gasteiger partial charge on any atom is -0.449 e. The average molecular weight is 445 g/mol. The van der Waals surface area contributed by atoms with Crippen molar-refractivity contribution < 1.29 is 23.5 Å². The Hall–Kier alpha value is -2.78. The van der Waals surface area contributed by atoms with Crippen LogP contribution in [0.15, 0.2) is 16.7 Å². The normalized spacial score (nSPS) is 15.8. The summed E-state index contributed by atoms with van der Waals surface area (Å²) in [6, 6.07) is 1.96. The summed E-state index contributed by atoms with van der Waals surface area (Å²) in [6.07, 6.45) is 6.02. The highest BCUT2D eigenvalue weighted by Gasteiger charge is 2.21. The lowest BCUT2D eigenvalue weighted by Gasteiger charge is -2.29. The molecule has 1 N–H and O–H groups in total. The second kappa shape index (κ2) is 11.2. The van der Waals surface area contributed by atoms with Gasteiger partial charge in [-0.3, -0.25) is 19.3 Å². The topological polar surface area (TPSA) is 105 Å². The van der Waals surface area contributed by atoms with Crippen LogP contribution in [0.3, 0.4) is 0 Å². The number of carbonyl (C=O) groups excluding carboxylic acids is 3. The molecular weight excluding hydrogens is 412 g/mol. The Bertz CT molecular complexity index is 947. The molecule has 0 aliphatic carbocycles. The molecule has 0 radical (unpaired) electrons. The molecule has 1 atom stereocenters. The number of fused-ring (bicyclic) bond motifs is 1. The fourth-order valence-electron chi connectivity index (χ4n) is 4.05. The van der Waals surface area contributed by atoms with Gasteiger partial charge in [0, 0.05) is 52.5 Å². The van der Waals surface area contributed by atoms with Crippen molar-refractivity contribution >= 4 is 34.9 Å². The van der Waals surface area contributed by atoms with Crippen LogP contribution in [0.2, 0.25) is 0 Å². The molecule has 0 aromatic carbocycles. The molecule has 174 valence electrons. The zero-order chi connectivity index (χ0) is 23.1. The van der Waals surface area contributed by atoms with Gasteiger partial charge in [-0.15, -0.1) is 0 Å². The lowest BCUT2D eigenvalue weighted by atomic mass is 10.0. The second-order valence-corrected chi connectivity index (χ2v) is 8.23. The van der Waals surface area contributed by atoms with Crippen molar-refractivity contribution in [2.75, 3.05) is 45.7 Å². The van der Waals surface area contributed by atoms with Crippen LogP contribution < -0.4 is 5.32 Å². The van der Waals surface area contributed by atoms with E-state index in [1.165, 1.54) is 17.2 Å². The second-order valence-electron chi connectivity index (χ2n) is 8.23. The van der Waals surface area contributed by atoms with E-state index in [0.29, 0.717) is 29.8 Å². The summed E-state index contributed by atoms with van der Waals surface area (Å²) in [4.78, 5) is 44.4. The van der Waals surface area contributed by atoms with Gasteiger partial charge in [0.15, 0.2) is 17.6 Å². The van der Waals surface area contributed by atoms with E-state index < -0.39 is 0 Å². The van der Waals surface area contributed by atoms with E-state index in [9.17, 15) is 14.4 Å². The van der Waals surface area contributed by atoms with Gasteiger partial charge >= 0.3 is 0 Å². The summed E-state index contributed by atoms with van der Waals surface area (Å²) in [7, 11) is 3.28. The smallest absolute Gasteiger partial charge is 0.255 e. The van der Waals surface area contributed by atoms with Crippen LogP contribution in [-0.2, 0) is 9.53 Å². The molecule has 1 unspecified atom stereocenters. The van der Waals surface area contributed by atoms with Gasteiger partial charge in [0.1, 0.15) is 11.2 Å². The molecule has 9 heteroatoms. The van der Waals surface area contributed by atoms with Crippen molar-refractivity contribution in [2.24, 2.45) is 0 Å². The van der Waals surface area contributed by atoms with E-state index in [2.05, 4.69) is 22.1 Å². The molecule has 1 aliphatic rings. The summed E-state index contributed by atoms with van der Waals surface area (Å²) in [5.41, 5.74) is 1.23. The molecule has 1 fully saturated rings. The number of aldehydes is 1. The molecule has 2 aromatic heterocycles. The quantitative estimate of drug-likeness (QED) is 0.593. The molecule has 2 amide bonds. The lowest BCUT2D eigenvalue weighted by molar-refractivity contribution is -0.116. The Morgan fingerprint density at radius 3 is 2.84 bits per heavy atom. The summed E-state index contributed by atoms with van der Waals surface area (Å²) in [6.45, 7) is 5.70. The van der Waals surface area contributed by atoms with Gasteiger partial charge in [0.2, 0.25) is 5.91 Å². The van der Waals surface area contributed by atoms with Gasteiger partial charge in [-0.05, 0) is 31.7 Å². The molecule has 1 saturated heterocycles. The highest BCUT2D eigenvalue weighted by atomic mass is 16.5. The minimum absolute atomic E-state index is 0.00805. The number of anilines is 1. The Morgan fingerprint density at radius 1 is 1.31 bits per heavy atom. The van der Waals surface area contributed by atoms with Crippen LogP contribution >= 0.6 is 0 Å². The molecule has 0 saturated carbocycles. The Balaban J connectivity index is 1.63. The molecule has 3 heterocycles. The highest BCUT2D eigenvalue weighted by Crippen LogP contribution is 2.29. The number of nitrogens with one attached hydrogen (secondary N) is 1. The predicted molar refractivity (Wildman–Crippen MR) is 121 cm³/mol. The molecule has 9 nitrogen and oxygen atoms in total. The predicted octanol–water partition coefficient (Wildman–Crippen LogP) is 2.95. The molecular formula is C23H32N4O5. The molecule has 0 spiro atoms. The highest BCUT2D eigenvalue weighted by molar-refractivity contribution is 6.06. The van der Waals surface area contributed by atoms with Gasteiger partial charge in [-0.1, -0.05) is 6.92 Å². The first-order valence-electron chi connectivity index (χ1n) is 11.2. The van der Waals surface area contributed by atoms with Crippen LogP contribution in [0, 0.1) is 0 Å². The van der Waals surface area contributed by atoms with Gasteiger partial charge < -0.3 is 19.4 Å². The van der Waals surface area contributed by atoms with Gasteiger partial charge in [0.05, 0.1) is 12.2 Å². The van der Waals surface area contributed by atoms with Crippen LogP contribution in [-0.4, -0.2) is 79.3 Å². The third-order valence-electron chi connectivity index (χ3n) is 5.77. The van der Waals surface area contributed by atoms with Crippen LogP contribution in [0.25, 0.3) is 11.1 Å². The van der Waals surface area contributed by atoms with Crippen LogP contribution in [0.1, 0.15) is 59.9 Å². The lowest BCUT2D eigenvalue weighted by Crippen LogP contribution is -2.36. The number of ether oxygens (including phenoxy) is 1. The fraction of sp³-hybridized carbons (Fsp3) is 0.565. The zero-order valence-electron chi connectivity index (χ0n) is 19.1. The number of rotatable bonds is 9. The molecule has 3 rings (SSSR count). The largest absolute Gasteiger partial charge is 0.449 e. The summed E-state index contributed by atoms with van der Waals surface area (Å²) < 4.78 is 11.1. The zero-order valence-corrected chi connectivity index (χ0v) is 19.1. The average Bonchev–Trinajstić information content (AvgIpc) is 2.94. The maximum atomic E-state index is 12.6. The van der Waals surface area contributed by atoms with E-state index in [1.54, 1.807) is 14.1 Å². The van der Waals surface area contributed by atoms with E-state index in [4.69, 9.17) is 9.15 Å². The number of furan rings is 1. The maximum Gasteiger partial charge on any atom is 0.255 e. The van der Waals surface area contributed by atoms with Crippen molar-refractivity contribution in [2.45, 2.75) is 45.1 Å². The van der Waals surface area contributed by atoms with Gasteiger partial charge in [0.25, 0.3) is 5.91 Å². The molecule has 2 aromatic rings. The number of amides is 2. The number of aromatic nitrogens is 1. The maximum absolute atomic E-state index is 12.6. The van der Waals surface area contributed by atoms with Crippen LogP contribution in [0.5, 0.6) is 0 Å².